The molecule has 2 heteroatoms. The van der Waals surface area contributed by atoms with Crippen LogP contribution in [0.3, 0.4) is 0 Å². The molecule has 0 amide bonds. The van der Waals surface area contributed by atoms with Crippen molar-refractivity contribution in [3.8, 4) is 0 Å². The van der Waals surface area contributed by atoms with Crippen LogP contribution in [0.1, 0.15) is 43.4 Å². The van der Waals surface area contributed by atoms with Crippen molar-refractivity contribution >= 4 is 0 Å². The molecule has 0 radical (unpaired) electrons. The van der Waals surface area contributed by atoms with Crippen molar-refractivity contribution in [2.75, 3.05) is 6.54 Å². The second kappa shape index (κ2) is 4.96. The molecular formula is C14H20FN. The average molecular weight is 221 g/mol. The molecule has 16 heavy (non-hydrogen) atoms. The first-order chi connectivity index (χ1) is 7.70. The Morgan fingerprint density at radius 2 is 2.19 bits per heavy atom. The van der Waals surface area contributed by atoms with E-state index in [1.54, 1.807) is 6.07 Å². The molecule has 88 valence electrons. The van der Waals surface area contributed by atoms with Crippen molar-refractivity contribution in [3.05, 3.63) is 35.1 Å². The Labute approximate surface area is 97.1 Å². The van der Waals surface area contributed by atoms with E-state index in [0.717, 1.165) is 30.0 Å². The molecule has 1 aliphatic carbocycles. The maximum atomic E-state index is 13.5. The van der Waals surface area contributed by atoms with E-state index in [1.807, 2.05) is 19.1 Å². The largest absolute Gasteiger partial charge is 0.310 e. The van der Waals surface area contributed by atoms with Crippen LogP contribution in [0.5, 0.6) is 0 Å². The van der Waals surface area contributed by atoms with Gasteiger partial charge in [-0.2, -0.15) is 0 Å². The smallest absolute Gasteiger partial charge is 0.126 e. The van der Waals surface area contributed by atoms with E-state index in [9.17, 15) is 4.39 Å². The molecule has 1 fully saturated rings. The van der Waals surface area contributed by atoms with Crippen molar-refractivity contribution in [2.45, 2.75) is 39.2 Å². The zero-order valence-corrected chi connectivity index (χ0v) is 10.1. The molecule has 0 aliphatic heterocycles. The molecular weight excluding hydrogens is 201 g/mol. The normalized spacial score (nSPS) is 17.4. The van der Waals surface area contributed by atoms with Gasteiger partial charge in [-0.1, -0.05) is 31.9 Å². The van der Waals surface area contributed by atoms with Crippen LogP contribution in [0, 0.1) is 18.7 Å². The maximum absolute atomic E-state index is 13.5. The fourth-order valence-corrected chi connectivity index (χ4v) is 2.10. The molecule has 0 aromatic heterocycles. The van der Waals surface area contributed by atoms with E-state index in [2.05, 4.69) is 12.2 Å². The summed E-state index contributed by atoms with van der Waals surface area (Å²) in [5.74, 6) is 0.768. The van der Waals surface area contributed by atoms with Gasteiger partial charge in [0, 0.05) is 6.04 Å². The molecule has 0 bridgehead atoms. The summed E-state index contributed by atoms with van der Waals surface area (Å²) in [4.78, 5) is 0. The highest BCUT2D eigenvalue weighted by Gasteiger charge is 2.26. The van der Waals surface area contributed by atoms with Crippen molar-refractivity contribution in [1.82, 2.24) is 5.32 Å². The first-order valence-corrected chi connectivity index (χ1v) is 6.20. The van der Waals surface area contributed by atoms with Gasteiger partial charge < -0.3 is 5.32 Å². The Morgan fingerprint density at radius 1 is 1.44 bits per heavy atom. The highest BCUT2D eigenvalue weighted by molar-refractivity contribution is 5.26. The van der Waals surface area contributed by atoms with Crippen LogP contribution in [0.25, 0.3) is 0 Å². The standard InChI is InChI=1S/C14H20FN/c1-3-16-14(8-11-5-6-11)12-7-4-10(2)13(15)9-12/h4,7,9,11,14,16H,3,5-6,8H2,1-2H3. The topological polar surface area (TPSA) is 12.0 Å². The molecule has 1 aliphatic rings. The minimum absolute atomic E-state index is 0.0869. The SMILES string of the molecule is CCNC(CC1CC1)c1ccc(C)c(F)c1. The summed E-state index contributed by atoms with van der Waals surface area (Å²) in [5.41, 5.74) is 1.82. The summed E-state index contributed by atoms with van der Waals surface area (Å²) >= 11 is 0. The Hall–Kier alpha value is -0.890. The highest BCUT2D eigenvalue weighted by Crippen LogP contribution is 2.37. The second-order valence-electron chi connectivity index (χ2n) is 4.80. The molecule has 2 rings (SSSR count). The van der Waals surface area contributed by atoms with Gasteiger partial charge in [-0.05, 0) is 43.0 Å². The Balaban J connectivity index is 2.12. The third-order valence-electron chi connectivity index (χ3n) is 3.31. The van der Waals surface area contributed by atoms with Gasteiger partial charge >= 0.3 is 0 Å². The molecule has 1 saturated carbocycles. The first-order valence-electron chi connectivity index (χ1n) is 6.20. The van der Waals surface area contributed by atoms with E-state index in [0.29, 0.717) is 6.04 Å². The Bertz CT molecular complexity index is 358. The van der Waals surface area contributed by atoms with Crippen LogP contribution < -0.4 is 5.32 Å². The zero-order valence-electron chi connectivity index (χ0n) is 10.1. The van der Waals surface area contributed by atoms with Crippen LogP contribution in [-0.2, 0) is 0 Å². The lowest BCUT2D eigenvalue weighted by Gasteiger charge is -2.18. The van der Waals surface area contributed by atoms with Crippen molar-refractivity contribution in [1.29, 1.82) is 0 Å². The van der Waals surface area contributed by atoms with Crippen molar-refractivity contribution in [3.63, 3.8) is 0 Å². The quantitative estimate of drug-likeness (QED) is 0.801. The van der Waals surface area contributed by atoms with E-state index in [-0.39, 0.29) is 5.82 Å². The summed E-state index contributed by atoms with van der Waals surface area (Å²) < 4.78 is 13.5. The minimum atomic E-state index is -0.0869. The van der Waals surface area contributed by atoms with Gasteiger partial charge in [0.25, 0.3) is 0 Å². The first kappa shape index (κ1) is 11.6. The van der Waals surface area contributed by atoms with E-state index in [4.69, 9.17) is 0 Å². The molecule has 1 N–H and O–H groups in total. The molecule has 1 nitrogen and oxygen atoms in total. The summed E-state index contributed by atoms with van der Waals surface area (Å²) in [6, 6.07) is 5.94. The summed E-state index contributed by atoms with van der Waals surface area (Å²) in [5, 5.41) is 3.45. The van der Waals surface area contributed by atoms with Gasteiger partial charge in [-0.25, -0.2) is 4.39 Å². The molecule has 0 heterocycles. The molecule has 0 spiro atoms. The van der Waals surface area contributed by atoms with E-state index in [1.165, 1.54) is 12.8 Å². The van der Waals surface area contributed by atoms with Gasteiger partial charge in [-0.3, -0.25) is 0 Å². The molecule has 0 saturated heterocycles. The Kier molecular flexibility index (Phi) is 3.59. The summed E-state index contributed by atoms with van der Waals surface area (Å²) in [6.45, 7) is 4.85. The second-order valence-corrected chi connectivity index (χ2v) is 4.80. The van der Waals surface area contributed by atoms with Crippen LogP contribution in [0.4, 0.5) is 4.39 Å². The number of aryl methyl sites for hydroxylation is 1. The number of hydrogen-bond acceptors (Lipinski definition) is 1. The molecule has 1 atom stereocenters. The molecule has 1 aromatic carbocycles. The third kappa shape index (κ3) is 2.82. The van der Waals surface area contributed by atoms with Crippen LogP contribution in [0.15, 0.2) is 18.2 Å². The number of hydrogen-bond donors (Lipinski definition) is 1. The van der Waals surface area contributed by atoms with Crippen molar-refractivity contribution in [2.24, 2.45) is 5.92 Å². The fourth-order valence-electron chi connectivity index (χ4n) is 2.10. The van der Waals surface area contributed by atoms with Gasteiger partial charge in [0.1, 0.15) is 5.82 Å². The number of rotatable bonds is 5. The van der Waals surface area contributed by atoms with Crippen LogP contribution >= 0.6 is 0 Å². The van der Waals surface area contributed by atoms with Crippen LogP contribution in [-0.4, -0.2) is 6.54 Å². The number of benzene rings is 1. The van der Waals surface area contributed by atoms with E-state index >= 15 is 0 Å². The lowest BCUT2D eigenvalue weighted by Crippen LogP contribution is -2.21. The van der Waals surface area contributed by atoms with Gasteiger partial charge in [0.15, 0.2) is 0 Å². The van der Waals surface area contributed by atoms with Crippen LogP contribution in [0.2, 0.25) is 0 Å². The Morgan fingerprint density at radius 3 is 2.75 bits per heavy atom. The lowest BCUT2D eigenvalue weighted by atomic mass is 9.99. The minimum Gasteiger partial charge on any atom is -0.310 e. The predicted molar refractivity (Wildman–Crippen MR) is 64.9 cm³/mol. The maximum Gasteiger partial charge on any atom is 0.126 e. The van der Waals surface area contributed by atoms with Crippen molar-refractivity contribution < 1.29 is 4.39 Å². The summed E-state index contributed by atoms with van der Waals surface area (Å²) in [7, 11) is 0. The zero-order chi connectivity index (χ0) is 11.5. The van der Waals surface area contributed by atoms with Gasteiger partial charge in [-0.15, -0.1) is 0 Å². The predicted octanol–water partition coefficient (Wildman–Crippen LogP) is 3.58. The monoisotopic (exact) mass is 221 g/mol. The molecule has 1 aromatic rings. The number of nitrogens with one attached hydrogen (secondary N) is 1. The lowest BCUT2D eigenvalue weighted by molar-refractivity contribution is 0.483. The fraction of sp³-hybridized carbons (Fsp3) is 0.571. The molecule has 1 unspecified atom stereocenters. The third-order valence-corrected chi connectivity index (χ3v) is 3.31. The summed E-state index contributed by atoms with van der Waals surface area (Å²) in [6.07, 6.45) is 3.84. The number of halogens is 1. The average Bonchev–Trinajstić information content (AvgIpc) is 3.05. The van der Waals surface area contributed by atoms with E-state index < -0.39 is 0 Å². The van der Waals surface area contributed by atoms with Gasteiger partial charge in [0.05, 0.1) is 0 Å². The van der Waals surface area contributed by atoms with Gasteiger partial charge in [0.2, 0.25) is 0 Å². The highest BCUT2D eigenvalue weighted by atomic mass is 19.1.